The van der Waals surface area contributed by atoms with E-state index < -0.39 is 0 Å². The van der Waals surface area contributed by atoms with Crippen LogP contribution in [-0.4, -0.2) is 0 Å². The number of nitrogens with two attached hydrogens (primary N) is 2. The zero-order valence-electron chi connectivity index (χ0n) is 19.9. The first-order valence-electron chi connectivity index (χ1n) is 11.9. The molecule has 0 aromatic heterocycles. The number of anilines is 6. The SMILES string of the molecule is Cc1ccc(N(c2ccc(N)cc2)c2ccc(C3=CC=C(Nc4ccc(N)cc4)CC3)cc2)cc1. The molecule has 0 unspecified atom stereocenters. The molecular weight excluding hydrogens is 428 g/mol. The molecule has 35 heavy (non-hydrogen) atoms. The Morgan fingerprint density at radius 1 is 0.600 bits per heavy atom. The van der Waals surface area contributed by atoms with Crippen LogP contribution in [0.2, 0.25) is 0 Å². The van der Waals surface area contributed by atoms with Crippen LogP contribution in [0.25, 0.3) is 5.57 Å². The smallest absolute Gasteiger partial charge is 0.0463 e. The summed E-state index contributed by atoms with van der Waals surface area (Å²) in [6.07, 6.45) is 6.36. The van der Waals surface area contributed by atoms with Gasteiger partial charge in [-0.25, -0.2) is 0 Å². The standard InChI is InChI=1S/C31H30N4/c1-22-2-16-29(17-3-22)35(31-20-10-26(33)11-21-31)30-18-6-24(7-19-30)23-4-12-27(13-5-23)34-28-14-8-25(32)9-15-28/h2-4,6-12,14-21,34H,5,13,32-33H2,1H3. The largest absolute Gasteiger partial charge is 0.399 e. The Morgan fingerprint density at radius 2 is 1.11 bits per heavy atom. The summed E-state index contributed by atoms with van der Waals surface area (Å²) < 4.78 is 0. The Kier molecular flexibility index (Phi) is 6.27. The molecule has 0 fully saturated rings. The summed E-state index contributed by atoms with van der Waals surface area (Å²) in [5.74, 6) is 0. The molecule has 0 aliphatic heterocycles. The molecule has 4 nitrogen and oxygen atoms in total. The molecule has 5 rings (SSSR count). The Bertz CT molecular complexity index is 1300. The average molecular weight is 459 g/mol. The third-order valence-electron chi connectivity index (χ3n) is 6.30. The summed E-state index contributed by atoms with van der Waals surface area (Å²) in [6, 6.07) is 33.3. The number of allylic oxidation sites excluding steroid dienone is 4. The fourth-order valence-corrected chi connectivity index (χ4v) is 4.32. The van der Waals surface area contributed by atoms with Crippen molar-refractivity contribution in [3.8, 4) is 0 Å². The molecule has 0 spiro atoms. The Morgan fingerprint density at radius 3 is 1.66 bits per heavy atom. The topological polar surface area (TPSA) is 67.3 Å². The van der Waals surface area contributed by atoms with Gasteiger partial charge >= 0.3 is 0 Å². The van der Waals surface area contributed by atoms with Crippen LogP contribution >= 0.6 is 0 Å². The zero-order chi connectivity index (χ0) is 24.2. The first-order valence-corrected chi connectivity index (χ1v) is 11.9. The van der Waals surface area contributed by atoms with Gasteiger partial charge in [-0.1, -0.05) is 35.9 Å². The van der Waals surface area contributed by atoms with E-state index in [2.05, 4.69) is 90.0 Å². The van der Waals surface area contributed by atoms with Gasteiger partial charge in [-0.05, 0) is 110 Å². The lowest BCUT2D eigenvalue weighted by Crippen LogP contribution is -2.10. The highest BCUT2D eigenvalue weighted by molar-refractivity contribution is 5.79. The van der Waals surface area contributed by atoms with E-state index in [4.69, 9.17) is 11.5 Å². The van der Waals surface area contributed by atoms with Crippen LogP contribution in [0, 0.1) is 6.92 Å². The summed E-state index contributed by atoms with van der Waals surface area (Å²) in [5, 5.41) is 3.49. The van der Waals surface area contributed by atoms with E-state index in [9.17, 15) is 0 Å². The highest BCUT2D eigenvalue weighted by Crippen LogP contribution is 2.36. The first-order chi connectivity index (χ1) is 17.0. The summed E-state index contributed by atoms with van der Waals surface area (Å²) in [6.45, 7) is 2.11. The minimum atomic E-state index is 0.760. The second-order valence-electron chi connectivity index (χ2n) is 8.94. The molecule has 1 aliphatic carbocycles. The van der Waals surface area contributed by atoms with Gasteiger partial charge in [-0.2, -0.15) is 0 Å². The number of hydrogen-bond acceptors (Lipinski definition) is 4. The fourth-order valence-electron chi connectivity index (χ4n) is 4.32. The third kappa shape index (κ3) is 5.22. The Labute approximate surface area is 207 Å². The molecule has 0 saturated heterocycles. The highest BCUT2D eigenvalue weighted by Gasteiger charge is 2.14. The van der Waals surface area contributed by atoms with Crippen LogP contribution in [0.3, 0.4) is 0 Å². The Hall–Kier alpha value is -4.44. The summed E-state index contributed by atoms with van der Waals surface area (Å²) in [5.41, 5.74) is 22.7. The van der Waals surface area contributed by atoms with Crippen molar-refractivity contribution in [1.29, 1.82) is 0 Å². The molecule has 0 amide bonds. The molecule has 174 valence electrons. The quantitative estimate of drug-likeness (QED) is 0.258. The van der Waals surface area contributed by atoms with Crippen molar-refractivity contribution in [2.45, 2.75) is 19.8 Å². The lowest BCUT2D eigenvalue weighted by Gasteiger charge is -2.26. The Balaban J connectivity index is 1.38. The third-order valence-corrected chi connectivity index (χ3v) is 6.30. The molecule has 4 heteroatoms. The minimum Gasteiger partial charge on any atom is -0.399 e. The monoisotopic (exact) mass is 458 g/mol. The van der Waals surface area contributed by atoms with Crippen molar-refractivity contribution in [2.24, 2.45) is 0 Å². The number of aryl methyl sites for hydroxylation is 1. The van der Waals surface area contributed by atoms with Crippen molar-refractivity contribution in [3.63, 3.8) is 0 Å². The van der Waals surface area contributed by atoms with Gasteiger partial charge in [-0.15, -0.1) is 0 Å². The highest BCUT2D eigenvalue weighted by atomic mass is 15.1. The number of nitrogens with one attached hydrogen (secondary N) is 1. The maximum absolute atomic E-state index is 5.95. The molecule has 0 bridgehead atoms. The van der Waals surface area contributed by atoms with E-state index in [1.807, 2.05) is 36.4 Å². The molecule has 0 radical (unpaired) electrons. The molecule has 0 atom stereocenters. The second kappa shape index (κ2) is 9.82. The molecule has 0 saturated carbocycles. The van der Waals surface area contributed by atoms with E-state index in [1.165, 1.54) is 22.4 Å². The molecule has 4 aromatic rings. The van der Waals surface area contributed by atoms with Gasteiger partial charge in [0.05, 0.1) is 0 Å². The van der Waals surface area contributed by atoms with Gasteiger partial charge in [-0.3, -0.25) is 0 Å². The maximum Gasteiger partial charge on any atom is 0.0463 e. The van der Waals surface area contributed by atoms with Crippen molar-refractivity contribution >= 4 is 39.7 Å². The van der Waals surface area contributed by atoms with E-state index >= 15 is 0 Å². The predicted molar refractivity (Wildman–Crippen MR) is 150 cm³/mol. The van der Waals surface area contributed by atoms with E-state index in [-0.39, 0.29) is 0 Å². The van der Waals surface area contributed by atoms with Crippen LogP contribution < -0.4 is 21.7 Å². The normalized spacial score (nSPS) is 13.1. The van der Waals surface area contributed by atoms with E-state index in [0.29, 0.717) is 0 Å². The van der Waals surface area contributed by atoms with Crippen LogP contribution in [0.15, 0.2) is 115 Å². The van der Waals surface area contributed by atoms with Crippen LogP contribution in [-0.2, 0) is 0 Å². The lowest BCUT2D eigenvalue weighted by atomic mass is 9.95. The number of hydrogen-bond donors (Lipinski definition) is 3. The molecule has 0 heterocycles. The second-order valence-corrected chi connectivity index (χ2v) is 8.94. The fraction of sp³-hybridized carbons (Fsp3) is 0.0968. The van der Waals surface area contributed by atoms with Crippen molar-refractivity contribution in [3.05, 3.63) is 126 Å². The van der Waals surface area contributed by atoms with Gasteiger partial charge in [0.2, 0.25) is 0 Å². The number of rotatable bonds is 6. The van der Waals surface area contributed by atoms with Crippen molar-refractivity contribution < 1.29 is 0 Å². The lowest BCUT2D eigenvalue weighted by molar-refractivity contribution is 0.982. The van der Waals surface area contributed by atoms with Gasteiger partial charge < -0.3 is 21.7 Å². The molecule has 5 N–H and O–H groups in total. The van der Waals surface area contributed by atoms with Crippen LogP contribution in [0.1, 0.15) is 24.0 Å². The van der Waals surface area contributed by atoms with E-state index in [0.717, 1.165) is 47.0 Å². The number of nitrogens with zero attached hydrogens (tertiary/aromatic N) is 1. The number of benzene rings is 4. The summed E-state index contributed by atoms with van der Waals surface area (Å²) in [4.78, 5) is 2.26. The zero-order valence-corrected chi connectivity index (χ0v) is 19.9. The van der Waals surface area contributed by atoms with Gasteiger partial charge in [0.15, 0.2) is 0 Å². The average Bonchev–Trinajstić information content (AvgIpc) is 2.89. The predicted octanol–water partition coefficient (Wildman–Crippen LogP) is 7.80. The van der Waals surface area contributed by atoms with Crippen molar-refractivity contribution in [1.82, 2.24) is 0 Å². The molecule has 1 aliphatic rings. The summed E-state index contributed by atoms with van der Waals surface area (Å²) in [7, 11) is 0. The maximum atomic E-state index is 5.95. The van der Waals surface area contributed by atoms with Crippen LogP contribution in [0.4, 0.5) is 34.1 Å². The van der Waals surface area contributed by atoms with Crippen LogP contribution in [0.5, 0.6) is 0 Å². The van der Waals surface area contributed by atoms with E-state index in [1.54, 1.807) is 0 Å². The number of nitrogen functional groups attached to an aromatic ring is 2. The minimum absolute atomic E-state index is 0.760. The molecular formula is C31H30N4. The van der Waals surface area contributed by atoms with Gasteiger partial charge in [0.25, 0.3) is 0 Å². The first kappa shape index (κ1) is 22.4. The molecule has 4 aromatic carbocycles. The van der Waals surface area contributed by atoms with Crippen molar-refractivity contribution in [2.75, 3.05) is 21.7 Å². The van der Waals surface area contributed by atoms with Gasteiger partial charge in [0.1, 0.15) is 0 Å². The van der Waals surface area contributed by atoms with Gasteiger partial charge in [0, 0.05) is 39.8 Å². The summed E-state index contributed by atoms with van der Waals surface area (Å²) >= 11 is 0.